The quantitative estimate of drug-likeness (QED) is 0.773. The Bertz CT molecular complexity index is 454. The highest BCUT2D eigenvalue weighted by atomic mass is 35.5. The molecule has 90 valence electrons. The zero-order chi connectivity index (χ0) is 12.8. The summed E-state index contributed by atoms with van der Waals surface area (Å²) in [5.74, 6) is 0.198. The molecule has 0 saturated heterocycles. The zero-order valence-electron chi connectivity index (χ0n) is 9.74. The molecular weight excluding hydrogens is 240 g/mol. The second kappa shape index (κ2) is 6.12. The number of hydrogen-bond acceptors (Lipinski definition) is 3. The van der Waals surface area contributed by atoms with Crippen LogP contribution in [0.25, 0.3) is 0 Å². The van der Waals surface area contributed by atoms with Crippen molar-refractivity contribution in [3.63, 3.8) is 0 Å². The molecule has 0 aliphatic carbocycles. The van der Waals surface area contributed by atoms with E-state index in [0.717, 1.165) is 0 Å². The van der Waals surface area contributed by atoms with Gasteiger partial charge in [-0.15, -0.1) is 0 Å². The summed E-state index contributed by atoms with van der Waals surface area (Å²) < 4.78 is 5.11. The van der Waals surface area contributed by atoms with Crippen LogP contribution in [0.3, 0.4) is 0 Å². The van der Waals surface area contributed by atoms with Gasteiger partial charge in [-0.2, -0.15) is 5.26 Å². The van der Waals surface area contributed by atoms with Gasteiger partial charge in [0, 0.05) is 11.6 Å². The Kier molecular flexibility index (Phi) is 4.80. The molecule has 0 aliphatic heterocycles. The summed E-state index contributed by atoms with van der Waals surface area (Å²) in [6.07, 6.45) is 0. The van der Waals surface area contributed by atoms with E-state index in [4.69, 9.17) is 21.6 Å². The van der Waals surface area contributed by atoms with E-state index in [1.54, 1.807) is 18.2 Å². The lowest BCUT2D eigenvalue weighted by Gasteiger charge is -2.18. The Morgan fingerprint density at radius 1 is 1.59 bits per heavy atom. The van der Waals surface area contributed by atoms with E-state index in [2.05, 4.69) is 0 Å². The van der Waals surface area contributed by atoms with E-state index in [-0.39, 0.29) is 12.5 Å². The van der Waals surface area contributed by atoms with Crippen LogP contribution in [0.2, 0.25) is 5.02 Å². The van der Waals surface area contributed by atoms with Gasteiger partial charge in [-0.1, -0.05) is 11.6 Å². The molecule has 4 nitrogen and oxygen atoms in total. The Balaban J connectivity index is 3.10. The topological polar surface area (TPSA) is 53.3 Å². The van der Waals surface area contributed by atoms with E-state index >= 15 is 0 Å². The number of carbonyl (C=O) groups is 1. The van der Waals surface area contributed by atoms with Crippen molar-refractivity contribution in [2.75, 3.05) is 20.2 Å². The zero-order valence-corrected chi connectivity index (χ0v) is 10.5. The first-order valence-corrected chi connectivity index (χ1v) is 5.51. The summed E-state index contributed by atoms with van der Waals surface area (Å²) >= 11 is 5.85. The van der Waals surface area contributed by atoms with Crippen LogP contribution in [0.15, 0.2) is 18.2 Å². The minimum Gasteiger partial charge on any atom is -0.496 e. The molecule has 17 heavy (non-hydrogen) atoms. The highest BCUT2D eigenvalue weighted by molar-refractivity contribution is 6.31. The third-order valence-electron chi connectivity index (χ3n) is 2.32. The van der Waals surface area contributed by atoms with Crippen molar-refractivity contribution in [1.82, 2.24) is 4.90 Å². The molecule has 0 atom stereocenters. The third-order valence-corrected chi connectivity index (χ3v) is 2.56. The van der Waals surface area contributed by atoms with Crippen molar-refractivity contribution in [2.24, 2.45) is 0 Å². The molecule has 0 radical (unpaired) electrons. The van der Waals surface area contributed by atoms with Gasteiger partial charge in [0.1, 0.15) is 12.3 Å². The molecular formula is C12H13ClN2O2. The minimum atomic E-state index is -0.256. The monoisotopic (exact) mass is 252 g/mol. The Morgan fingerprint density at radius 3 is 2.82 bits per heavy atom. The van der Waals surface area contributed by atoms with Crippen molar-refractivity contribution in [1.29, 1.82) is 5.26 Å². The van der Waals surface area contributed by atoms with Gasteiger partial charge < -0.3 is 9.64 Å². The number of benzene rings is 1. The highest BCUT2D eigenvalue weighted by Crippen LogP contribution is 2.23. The van der Waals surface area contributed by atoms with Gasteiger partial charge in [0.25, 0.3) is 5.91 Å². The summed E-state index contributed by atoms with van der Waals surface area (Å²) in [6.45, 7) is 2.32. The average Bonchev–Trinajstić information content (AvgIpc) is 2.35. The number of hydrogen-bond donors (Lipinski definition) is 0. The van der Waals surface area contributed by atoms with Gasteiger partial charge in [-0.05, 0) is 25.1 Å². The molecule has 1 aromatic rings. The van der Waals surface area contributed by atoms with Crippen LogP contribution >= 0.6 is 11.6 Å². The summed E-state index contributed by atoms with van der Waals surface area (Å²) in [4.78, 5) is 13.6. The molecule has 1 rings (SSSR count). The Hall–Kier alpha value is -1.73. The van der Waals surface area contributed by atoms with E-state index in [1.807, 2.05) is 13.0 Å². The number of carbonyl (C=O) groups excluding carboxylic acids is 1. The maximum Gasteiger partial charge on any atom is 0.258 e. The van der Waals surface area contributed by atoms with Gasteiger partial charge in [0.2, 0.25) is 0 Å². The molecule has 1 amide bonds. The largest absolute Gasteiger partial charge is 0.496 e. The SMILES string of the molecule is CCN(CC#N)C(=O)c1cc(Cl)ccc1OC. The molecule has 0 aromatic heterocycles. The van der Waals surface area contributed by atoms with Crippen molar-refractivity contribution in [3.8, 4) is 11.8 Å². The fourth-order valence-corrected chi connectivity index (χ4v) is 1.60. The average molecular weight is 253 g/mol. The first kappa shape index (κ1) is 13.3. The van der Waals surface area contributed by atoms with Crippen LogP contribution in [0.1, 0.15) is 17.3 Å². The number of ether oxygens (including phenoxy) is 1. The van der Waals surface area contributed by atoms with E-state index in [1.165, 1.54) is 12.0 Å². The third kappa shape index (κ3) is 3.11. The maximum absolute atomic E-state index is 12.1. The molecule has 0 fully saturated rings. The summed E-state index contributed by atoms with van der Waals surface area (Å²) in [5, 5.41) is 9.10. The molecule has 0 aliphatic rings. The van der Waals surface area contributed by atoms with Gasteiger partial charge in [-0.25, -0.2) is 0 Å². The molecule has 5 heteroatoms. The highest BCUT2D eigenvalue weighted by Gasteiger charge is 2.18. The molecule has 0 saturated carbocycles. The van der Waals surface area contributed by atoms with Crippen LogP contribution < -0.4 is 4.74 Å². The standard InChI is InChI=1S/C12H13ClN2O2/c1-3-15(7-6-14)12(16)10-8-9(13)4-5-11(10)17-2/h4-5,8H,3,7H2,1-2H3. The fourth-order valence-electron chi connectivity index (χ4n) is 1.43. The first-order valence-electron chi connectivity index (χ1n) is 5.13. The molecule has 0 heterocycles. The normalized spacial score (nSPS) is 9.53. The van der Waals surface area contributed by atoms with Gasteiger partial charge in [0.15, 0.2) is 0 Å². The van der Waals surface area contributed by atoms with Crippen LogP contribution in [0.4, 0.5) is 0 Å². The van der Waals surface area contributed by atoms with E-state index in [0.29, 0.717) is 22.9 Å². The molecule has 0 unspecified atom stereocenters. The van der Waals surface area contributed by atoms with Gasteiger partial charge in [0.05, 0.1) is 18.7 Å². The predicted molar refractivity (Wildman–Crippen MR) is 65.2 cm³/mol. The first-order chi connectivity index (χ1) is 8.13. The Labute approximate surface area is 105 Å². The minimum absolute atomic E-state index is 0.0466. The summed E-state index contributed by atoms with van der Waals surface area (Å²) in [6, 6.07) is 6.78. The number of methoxy groups -OCH3 is 1. The number of amides is 1. The summed E-state index contributed by atoms with van der Waals surface area (Å²) in [5.41, 5.74) is 0.372. The van der Waals surface area contributed by atoms with Crippen LogP contribution in [-0.2, 0) is 0 Å². The number of rotatable bonds is 4. The maximum atomic E-state index is 12.1. The lowest BCUT2D eigenvalue weighted by Crippen LogP contribution is -2.31. The van der Waals surface area contributed by atoms with Gasteiger partial charge in [-0.3, -0.25) is 4.79 Å². The second-order valence-corrected chi connectivity index (χ2v) is 3.76. The number of nitriles is 1. The van der Waals surface area contributed by atoms with Crippen molar-refractivity contribution in [2.45, 2.75) is 6.92 Å². The van der Waals surface area contributed by atoms with E-state index in [9.17, 15) is 4.79 Å². The second-order valence-electron chi connectivity index (χ2n) is 3.32. The van der Waals surface area contributed by atoms with Gasteiger partial charge >= 0.3 is 0 Å². The number of nitrogens with zero attached hydrogens (tertiary/aromatic N) is 2. The van der Waals surface area contributed by atoms with Crippen molar-refractivity contribution >= 4 is 17.5 Å². The van der Waals surface area contributed by atoms with Crippen LogP contribution in [0.5, 0.6) is 5.75 Å². The smallest absolute Gasteiger partial charge is 0.258 e. The summed E-state index contributed by atoms with van der Waals surface area (Å²) in [7, 11) is 1.49. The van der Waals surface area contributed by atoms with Crippen molar-refractivity contribution in [3.05, 3.63) is 28.8 Å². The lowest BCUT2D eigenvalue weighted by molar-refractivity contribution is 0.0781. The predicted octanol–water partition coefficient (Wildman–Crippen LogP) is 2.33. The number of halogens is 1. The molecule has 0 bridgehead atoms. The van der Waals surface area contributed by atoms with E-state index < -0.39 is 0 Å². The molecule has 1 aromatic carbocycles. The fraction of sp³-hybridized carbons (Fsp3) is 0.333. The Morgan fingerprint density at radius 2 is 2.29 bits per heavy atom. The molecule has 0 spiro atoms. The molecule has 0 N–H and O–H groups in total. The van der Waals surface area contributed by atoms with Crippen LogP contribution in [0, 0.1) is 11.3 Å². The van der Waals surface area contributed by atoms with Crippen molar-refractivity contribution < 1.29 is 9.53 Å². The van der Waals surface area contributed by atoms with Crippen LogP contribution in [-0.4, -0.2) is 31.0 Å². The lowest BCUT2D eigenvalue weighted by atomic mass is 10.1.